The van der Waals surface area contributed by atoms with E-state index in [-0.39, 0.29) is 46.6 Å². The number of rotatable bonds is 28. The van der Waals surface area contributed by atoms with Crippen LogP contribution in [-0.4, -0.2) is 167 Å². The summed E-state index contributed by atoms with van der Waals surface area (Å²) in [4.78, 5) is 86.0. The summed E-state index contributed by atoms with van der Waals surface area (Å²) in [5.41, 5.74) is 0.0555. The van der Waals surface area contributed by atoms with Gasteiger partial charge in [0.1, 0.15) is 10.9 Å². The number of fused-ring (bicyclic) bond motifs is 1. The zero-order valence-electron chi connectivity index (χ0n) is 52.6. The summed E-state index contributed by atoms with van der Waals surface area (Å²) in [7, 11) is -11.1. The minimum absolute atomic E-state index is 0.00839. The number of sulfone groups is 1. The van der Waals surface area contributed by atoms with Gasteiger partial charge in [0, 0.05) is 118 Å². The van der Waals surface area contributed by atoms with E-state index in [1.165, 1.54) is 35.5 Å². The number of piperazine rings is 2. The molecule has 0 radical (unpaired) electrons. The molecule has 5 aliphatic rings. The lowest BCUT2D eigenvalue weighted by Crippen LogP contribution is -2.54. The van der Waals surface area contributed by atoms with Gasteiger partial charge in [0.25, 0.3) is 37.6 Å². The molecule has 1 aliphatic carbocycles. The van der Waals surface area contributed by atoms with Gasteiger partial charge < -0.3 is 20.4 Å². The maximum Gasteiger partial charge on any atom is 0.501 e. The van der Waals surface area contributed by atoms with Gasteiger partial charge in [-0.1, -0.05) is 81.2 Å². The first-order valence-electron chi connectivity index (χ1n) is 31.8. The molecule has 6 amide bonds. The lowest BCUT2D eigenvalue weighted by Gasteiger charge is -2.39. The van der Waals surface area contributed by atoms with Crippen LogP contribution in [-0.2, 0) is 34.2 Å². The molecular weight excluding hydrogens is 1240 g/mol. The number of carbonyl (C=O) groups excluding carboxylic acids is 6. The Labute approximate surface area is 542 Å². The highest BCUT2D eigenvalue weighted by atomic mass is 32.2. The van der Waals surface area contributed by atoms with Gasteiger partial charge in [-0.25, -0.2) is 21.6 Å². The van der Waals surface area contributed by atoms with Crippen LogP contribution in [0.4, 0.5) is 30.2 Å². The van der Waals surface area contributed by atoms with Crippen LogP contribution in [0.15, 0.2) is 129 Å². The first-order valence-corrected chi connectivity index (χ1v) is 35.8. The van der Waals surface area contributed by atoms with Crippen molar-refractivity contribution in [3.05, 3.63) is 131 Å². The second-order valence-corrected chi connectivity index (χ2v) is 29.9. The van der Waals surface area contributed by atoms with Crippen molar-refractivity contribution in [1.29, 1.82) is 0 Å². The number of carbonyl (C=O) groups is 6. The van der Waals surface area contributed by atoms with Crippen LogP contribution in [0.3, 0.4) is 0 Å². The van der Waals surface area contributed by atoms with Crippen LogP contribution in [0, 0.1) is 5.41 Å². The van der Waals surface area contributed by atoms with Gasteiger partial charge in [-0.2, -0.15) is 13.2 Å². The molecule has 3 fully saturated rings. The molecule has 3 saturated heterocycles. The molecule has 1 unspecified atom stereocenters. The zero-order valence-corrected chi connectivity index (χ0v) is 55.0. The van der Waals surface area contributed by atoms with Crippen molar-refractivity contribution < 1.29 is 58.8 Å². The molecule has 9 rings (SSSR count). The molecule has 2 atom stereocenters. The third-order valence-electron chi connectivity index (χ3n) is 18.1. The van der Waals surface area contributed by atoms with Crippen LogP contribution in [0.1, 0.15) is 142 Å². The maximum absolute atomic E-state index is 14.5. The van der Waals surface area contributed by atoms with Crippen LogP contribution < -0.4 is 25.6 Å². The fraction of sp³-hybridized carbons (Fsp3) is 0.493. The lowest BCUT2D eigenvalue weighted by molar-refractivity contribution is -0.136. The third kappa shape index (κ3) is 17.4. The molecule has 4 aromatic rings. The number of nitrogens with zero attached hydrogens (tertiary/aromatic N) is 5. The fourth-order valence-corrected chi connectivity index (χ4v) is 15.6. The summed E-state index contributed by atoms with van der Waals surface area (Å²) < 4.78 is 99.8. The molecule has 0 spiro atoms. The van der Waals surface area contributed by atoms with Crippen LogP contribution in [0.5, 0.6) is 0 Å². The highest BCUT2D eigenvalue weighted by Gasteiger charge is 2.49. The van der Waals surface area contributed by atoms with Gasteiger partial charge in [-0.3, -0.25) is 48.8 Å². The Hall–Kier alpha value is -7.06. The van der Waals surface area contributed by atoms with Crippen molar-refractivity contribution in [1.82, 2.24) is 29.6 Å². The second-order valence-electron chi connectivity index (χ2n) is 25.2. The van der Waals surface area contributed by atoms with Crippen molar-refractivity contribution in [2.45, 2.75) is 143 Å². The number of thioether (sulfide) groups is 1. The van der Waals surface area contributed by atoms with Gasteiger partial charge in [0.05, 0.1) is 21.7 Å². The normalized spacial score (nSPS) is 18.8. The molecule has 4 aliphatic heterocycles. The average Bonchev–Trinajstić information content (AvgIpc) is 1.42. The number of benzene rings is 4. The van der Waals surface area contributed by atoms with Gasteiger partial charge in [0.2, 0.25) is 17.7 Å². The van der Waals surface area contributed by atoms with E-state index in [2.05, 4.69) is 58.0 Å². The largest absolute Gasteiger partial charge is 0.501 e. The SMILES string of the molecule is C=C(CC)CCC1=C(CN2CCN(c3ccc(C(=O)NS(=O)(=O)c4ccc(N[C@H](CCN5CCN(C(=O)CCCCCCNc6cccc7c6C(=O)N(C6CCC(=O)NC6=O)C7=O)CC5)CSc5ccccc5)c(S(=O)(=O)C(F)(F)F)c4)cc3)CC2)CCC(C)(C)C1. The molecule has 92 heavy (non-hydrogen) atoms. The number of piperidine rings is 1. The molecule has 4 N–H and O–H groups in total. The standard InChI is InChI=1S/C67H84F3N9O10S3/c1-5-46(2)19-20-48-43-66(3,4)31-29-49(48)44-76-36-38-77(39-37-76)51-23-21-47(22-24-51)62(82)74-92(88,89)53-25-26-55(58(42-53)91(86,87)67(68,69)70)72-50(45-90-52-14-9-8-10-15-52)30-33-75-34-40-78(41-35-75)60(81)18-11-6-7-12-32-71-56-17-13-16-54-61(56)65(85)79(64(54)84)57-27-28-59(80)73-63(57)83/h8-10,13-17,21-26,42,50,57,71-72H,2,5-7,11-12,18-20,27-41,43-45H2,1,3-4H3,(H,74,82)(H,73,80,83)/t50-,57?/m1/s1. The third-order valence-corrected chi connectivity index (χ3v) is 22.1. The monoisotopic (exact) mass is 1330 g/mol. The van der Waals surface area contributed by atoms with Gasteiger partial charge in [-0.05, 0) is 136 Å². The van der Waals surface area contributed by atoms with E-state index in [9.17, 15) is 58.8 Å². The van der Waals surface area contributed by atoms with Crippen LogP contribution >= 0.6 is 11.8 Å². The quantitative estimate of drug-likeness (QED) is 0.0179. The molecule has 496 valence electrons. The number of hydrogen-bond donors (Lipinski definition) is 4. The smallest absolute Gasteiger partial charge is 0.384 e. The highest BCUT2D eigenvalue weighted by molar-refractivity contribution is 7.99. The van der Waals surface area contributed by atoms with Crippen LogP contribution in [0.2, 0.25) is 0 Å². The number of amides is 6. The molecule has 4 heterocycles. The van der Waals surface area contributed by atoms with Crippen molar-refractivity contribution in [3.8, 4) is 0 Å². The van der Waals surface area contributed by atoms with E-state index in [1.54, 1.807) is 40.3 Å². The maximum atomic E-state index is 14.5. The number of imide groups is 2. The Kier molecular flexibility index (Phi) is 22.9. The molecule has 0 bridgehead atoms. The summed E-state index contributed by atoms with van der Waals surface area (Å²) in [5.74, 6) is -3.06. The molecule has 0 aromatic heterocycles. The molecule has 25 heteroatoms. The number of anilines is 3. The van der Waals surface area contributed by atoms with E-state index < -0.39 is 82.5 Å². The molecule has 0 saturated carbocycles. The average molecular weight is 1330 g/mol. The van der Waals surface area contributed by atoms with E-state index in [0.717, 1.165) is 112 Å². The summed E-state index contributed by atoms with van der Waals surface area (Å²) in [6, 6.07) is 21.2. The van der Waals surface area contributed by atoms with Crippen molar-refractivity contribution in [2.24, 2.45) is 5.41 Å². The number of hydrogen-bond acceptors (Lipinski definition) is 16. The predicted octanol–water partition coefficient (Wildman–Crippen LogP) is 10.0. The first-order chi connectivity index (χ1) is 43.8. The van der Waals surface area contributed by atoms with Gasteiger partial charge in [0.15, 0.2) is 0 Å². The Balaban J connectivity index is 0.755. The zero-order chi connectivity index (χ0) is 66.0. The molecule has 19 nitrogen and oxygen atoms in total. The Morgan fingerprint density at radius 1 is 0.783 bits per heavy atom. The second kappa shape index (κ2) is 30.3. The summed E-state index contributed by atoms with van der Waals surface area (Å²) in [6.45, 7) is 18.0. The number of halogens is 3. The van der Waals surface area contributed by atoms with E-state index >= 15 is 0 Å². The number of unbranched alkanes of at least 4 members (excludes halogenated alkanes) is 3. The number of sulfonamides is 1. The van der Waals surface area contributed by atoms with E-state index in [4.69, 9.17) is 0 Å². The molecule has 4 aromatic carbocycles. The molecular formula is C67H84F3N9O10S3. The van der Waals surface area contributed by atoms with Gasteiger partial charge >= 0.3 is 5.51 Å². The summed E-state index contributed by atoms with van der Waals surface area (Å²) in [6.07, 6.45) is 10.1. The lowest BCUT2D eigenvalue weighted by atomic mass is 9.73. The van der Waals surface area contributed by atoms with Gasteiger partial charge in [-0.15, -0.1) is 11.8 Å². The Morgan fingerprint density at radius 3 is 2.18 bits per heavy atom. The Morgan fingerprint density at radius 2 is 1.49 bits per heavy atom. The fourth-order valence-electron chi connectivity index (χ4n) is 12.5. The van der Waals surface area contributed by atoms with Crippen molar-refractivity contribution >= 4 is 84.1 Å². The minimum Gasteiger partial charge on any atom is -0.384 e. The summed E-state index contributed by atoms with van der Waals surface area (Å²) in [5, 5.41) is 8.46. The van der Waals surface area contributed by atoms with E-state index in [1.807, 2.05) is 35.1 Å². The number of allylic oxidation sites excluding steroid dienone is 2. The number of nitrogens with one attached hydrogen (secondary N) is 4. The number of alkyl halides is 3. The van der Waals surface area contributed by atoms with Crippen LogP contribution in [0.25, 0.3) is 0 Å². The predicted molar refractivity (Wildman–Crippen MR) is 350 cm³/mol. The summed E-state index contributed by atoms with van der Waals surface area (Å²) >= 11 is 1.40. The van der Waals surface area contributed by atoms with Crippen molar-refractivity contribution in [3.63, 3.8) is 0 Å². The first kappa shape index (κ1) is 69.3. The Bertz CT molecular complexity index is 3650. The van der Waals surface area contributed by atoms with Crippen molar-refractivity contribution in [2.75, 3.05) is 93.3 Å². The minimum atomic E-state index is -6.16. The van der Waals surface area contributed by atoms with E-state index in [0.29, 0.717) is 76.7 Å². The highest BCUT2D eigenvalue weighted by Crippen LogP contribution is 2.42. The topological polar surface area (TPSA) is 235 Å².